The molecular weight excluding hydrogens is 370 g/mol. The first-order valence-corrected chi connectivity index (χ1v) is 8.68. The second kappa shape index (κ2) is 8.76. The second-order valence-corrected chi connectivity index (χ2v) is 5.96. The Labute approximate surface area is 168 Å². The fraction of sp³-hybridized carbons (Fsp3) is 0.136. The predicted octanol–water partition coefficient (Wildman–Crippen LogP) is 3.81. The van der Waals surface area contributed by atoms with Gasteiger partial charge in [0.05, 0.1) is 32.5 Å². The Morgan fingerprint density at radius 2 is 1.76 bits per heavy atom. The number of amides is 1. The van der Waals surface area contributed by atoms with Crippen LogP contribution in [0.25, 0.3) is 17.0 Å². The van der Waals surface area contributed by atoms with E-state index in [0.29, 0.717) is 34.0 Å². The number of hydrogen-bond acceptors (Lipinski definition) is 6. The van der Waals surface area contributed by atoms with E-state index in [0.717, 1.165) is 5.39 Å². The fourth-order valence-corrected chi connectivity index (χ4v) is 2.89. The lowest BCUT2D eigenvalue weighted by Crippen LogP contribution is -2.14. The zero-order valence-corrected chi connectivity index (χ0v) is 16.2. The van der Waals surface area contributed by atoms with Gasteiger partial charge in [-0.15, -0.1) is 0 Å². The molecule has 0 aliphatic rings. The number of pyridine rings is 1. The van der Waals surface area contributed by atoms with Crippen LogP contribution in [0, 0.1) is 11.3 Å². The number of aromatic nitrogens is 1. The van der Waals surface area contributed by atoms with Crippen LogP contribution in [0.3, 0.4) is 0 Å². The second-order valence-electron chi connectivity index (χ2n) is 5.96. The third-order valence-electron chi connectivity index (χ3n) is 4.24. The fourth-order valence-electron chi connectivity index (χ4n) is 2.89. The maximum absolute atomic E-state index is 12.7. The molecule has 7 heteroatoms. The van der Waals surface area contributed by atoms with Crippen molar-refractivity contribution in [3.05, 3.63) is 59.8 Å². The third-order valence-corrected chi connectivity index (χ3v) is 4.24. The topological polar surface area (TPSA) is 93.5 Å². The van der Waals surface area contributed by atoms with Crippen molar-refractivity contribution < 1.29 is 19.0 Å². The van der Waals surface area contributed by atoms with E-state index in [2.05, 4.69) is 10.3 Å². The summed E-state index contributed by atoms with van der Waals surface area (Å²) in [6.45, 7) is 0. The quantitative estimate of drug-likeness (QED) is 0.509. The highest BCUT2D eigenvalue weighted by Crippen LogP contribution is 2.38. The minimum absolute atomic E-state index is 0.0767. The van der Waals surface area contributed by atoms with Crippen LogP contribution in [0.2, 0.25) is 0 Å². The number of nitrogens with one attached hydrogen (secondary N) is 1. The molecule has 1 heterocycles. The lowest BCUT2D eigenvalue weighted by molar-refractivity contribution is -0.112. The van der Waals surface area contributed by atoms with E-state index in [9.17, 15) is 10.1 Å². The SMILES string of the molecule is COc1cc(/C=C(\C#N)C(=O)Nc2cccc3cccnc23)cc(OC)c1OC. The van der Waals surface area contributed by atoms with Crippen LogP contribution in [0.1, 0.15) is 5.56 Å². The number of fused-ring (bicyclic) bond motifs is 1. The summed E-state index contributed by atoms with van der Waals surface area (Å²) in [4.78, 5) is 17.0. The maximum Gasteiger partial charge on any atom is 0.266 e. The van der Waals surface area contributed by atoms with Crippen LogP contribution >= 0.6 is 0 Å². The smallest absolute Gasteiger partial charge is 0.266 e. The molecule has 1 N–H and O–H groups in total. The van der Waals surface area contributed by atoms with Crippen molar-refractivity contribution in [2.45, 2.75) is 0 Å². The molecule has 3 rings (SSSR count). The van der Waals surface area contributed by atoms with Gasteiger partial charge >= 0.3 is 0 Å². The van der Waals surface area contributed by atoms with Gasteiger partial charge in [-0.25, -0.2) is 0 Å². The van der Waals surface area contributed by atoms with Gasteiger partial charge in [0.2, 0.25) is 5.75 Å². The Hall–Kier alpha value is -4.05. The molecular formula is C22H19N3O4. The number of nitriles is 1. The molecule has 3 aromatic rings. The number of ether oxygens (including phenoxy) is 3. The summed E-state index contributed by atoms with van der Waals surface area (Å²) >= 11 is 0. The zero-order chi connectivity index (χ0) is 20.8. The van der Waals surface area contributed by atoms with Crippen molar-refractivity contribution in [2.75, 3.05) is 26.6 Å². The number of rotatable bonds is 6. The molecule has 146 valence electrons. The molecule has 0 saturated carbocycles. The molecule has 0 fully saturated rings. The first-order valence-electron chi connectivity index (χ1n) is 8.68. The summed E-state index contributed by atoms with van der Waals surface area (Å²) in [6, 6.07) is 14.4. The number of para-hydroxylation sites is 1. The van der Waals surface area contributed by atoms with Crippen LogP contribution in [-0.2, 0) is 4.79 Å². The largest absolute Gasteiger partial charge is 0.493 e. The van der Waals surface area contributed by atoms with Crippen LogP contribution in [-0.4, -0.2) is 32.2 Å². The van der Waals surface area contributed by atoms with Gasteiger partial charge < -0.3 is 19.5 Å². The minimum atomic E-state index is -0.542. The molecule has 0 aliphatic carbocycles. The molecule has 0 saturated heterocycles. The Morgan fingerprint density at radius 1 is 1.07 bits per heavy atom. The van der Waals surface area contributed by atoms with Gasteiger partial charge in [0.15, 0.2) is 11.5 Å². The third kappa shape index (κ3) is 4.12. The number of carbonyl (C=O) groups excluding carboxylic acids is 1. The number of carbonyl (C=O) groups is 1. The molecule has 0 radical (unpaired) electrons. The average molecular weight is 389 g/mol. The summed E-state index contributed by atoms with van der Waals surface area (Å²) < 4.78 is 15.9. The molecule has 0 atom stereocenters. The van der Waals surface area contributed by atoms with E-state index < -0.39 is 5.91 Å². The van der Waals surface area contributed by atoms with Crippen LogP contribution in [0.15, 0.2) is 54.2 Å². The lowest BCUT2D eigenvalue weighted by Gasteiger charge is -2.13. The molecule has 0 aliphatic heterocycles. The highest BCUT2D eigenvalue weighted by atomic mass is 16.5. The number of benzene rings is 2. The summed E-state index contributed by atoms with van der Waals surface area (Å²) in [5.74, 6) is 0.736. The number of anilines is 1. The Bertz CT molecular complexity index is 1100. The first kappa shape index (κ1) is 19.7. The Balaban J connectivity index is 1.96. The van der Waals surface area contributed by atoms with Crippen LogP contribution < -0.4 is 19.5 Å². The van der Waals surface area contributed by atoms with E-state index in [1.807, 2.05) is 30.3 Å². The molecule has 0 unspecified atom stereocenters. The van der Waals surface area contributed by atoms with Gasteiger partial charge in [0, 0.05) is 11.6 Å². The normalized spacial score (nSPS) is 10.9. The van der Waals surface area contributed by atoms with E-state index in [1.165, 1.54) is 27.4 Å². The average Bonchev–Trinajstić information content (AvgIpc) is 2.76. The minimum Gasteiger partial charge on any atom is -0.493 e. The van der Waals surface area contributed by atoms with E-state index >= 15 is 0 Å². The standard InChI is InChI=1S/C22H19N3O4/c1-27-18-11-14(12-19(28-2)21(18)29-3)10-16(13-23)22(26)25-17-8-4-6-15-7-5-9-24-20(15)17/h4-12H,1-3H3,(H,25,26)/b16-10+. The molecule has 1 aromatic heterocycles. The van der Waals surface area contributed by atoms with Gasteiger partial charge in [0.25, 0.3) is 5.91 Å². The number of nitrogens with zero attached hydrogens (tertiary/aromatic N) is 2. The Kier molecular flexibility index (Phi) is 5.95. The molecule has 1 amide bonds. The van der Waals surface area contributed by atoms with Gasteiger partial charge in [-0.2, -0.15) is 5.26 Å². The maximum atomic E-state index is 12.7. The van der Waals surface area contributed by atoms with Crippen LogP contribution in [0.5, 0.6) is 17.2 Å². The summed E-state index contributed by atoms with van der Waals surface area (Å²) in [7, 11) is 4.49. The predicted molar refractivity (Wildman–Crippen MR) is 110 cm³/mol. The van der Waals surface area contributed by atoms with Crippen molar-refractivity contribution in [3.63, 3.8) is 0 Å². The van der Waals surface area contributed by atoms with Gasteiger partial charge in [-0.05, 0) is 35.9 Å². The van der Waals surface area contributed by atoms with E-state index in [-0.39, 0.29) is 5.57 Å². The van der Waals surface area contributed by atoms with Gasteiger partial charge in [-0.3, -0.25) is 9.78 Å². The van der Waals surface area contributed by atoms with Crippen molar-refractivity contribution in [3.8, 4) is 23.3 Å². The van der Waals surface area contributed by atoms with Crippen molar-refractivity contribution >= 4 is 28.6 Å². The number of methoxy groups -OCH3 is 3. The van der Waals surface area contributed by atoms with Crippen molar-refractivity contribution in [2.24, 2.45) is 0 Å². The summed E-state index contributed by atoms with van der Waals surface area (Å²) in [6.07, 6.45) is 3.10. The van der Waals surface area contributed by atoms with Crippen LogP contribution in [0.4, 0.5) is 5.69 Å². The van der Waals surface area contributed by atoms with E-state index in [1.54, 1.807) is 24.4 Å². The van der Waals surface area contributed by atoms with Crippen molar-refractivity contribution in [1.29, 1.82) is 5.26 Å². The molecule has 7 nitrogen and oxygen atoms in total. The lowest BCUT2D eigenvalue weighted by atomic mass is 10.1. The zero-order valence-electron chi connectivity index (χ0n) is 16.2. The van der Waals surface area contributed by atoms with Crippen molar-refractivity contribution in [1.82, 2.24) is 4.98 Å². The summed E-state index contributed by atoms with van der Waals surface area (Å²) in [5.41, 5.74) is 1.65. The van der Waals surface area contributed by atoms with E-state index in [4.69, 9.17) is 14.2 Å². The first-order chi connectivity index (χ1) is 14.1. The van der Waals surface area contributed by atoms with Gasteiger partial charge in [-0.1, -0.05) is 18.2 Å². The highest BCUT2D eigenvalue weighted by molar-refractivity contribution is 6.12. The summed E-state index contributed by atoms with van der Waals surface area (Å²) in [5, 5.41) is 13.2. The molecule has 2 aromatic carbocycles. The highest BCUT2D eigenvalue weighted by Gasteiger charge is 2.15. The number of hydrogen-bond donors (Lipinski definition) is 1. The van der Waals surface area contributed by atoms with Gasteiger partial charge in [0.1, 0.15) is 11.6 Å². The monoisotopic (exact) mass is 389 g/mol. The Morgan fingerprint density at radius 3 is 2.38 bits per heavy atom. The molecule has 0 spiro atoms. The molecule has 29 heavy (non-hydrogen) atoms. The molecule has 0 bridgehead atoms.